The molecular weight excluding hydrogens is 207 g/mol. The van der Waals surface area contributed by atoms with Gasteiger partial charge in [-0.1, -0.05) is 0 Å². The first-order valence-electron chi connectivity index (χ1n) is 5.38. The third-order valence-electron chi connectivity index (χ3n) is 3.13. The van der Waals surface area contributed by atoms with Crippen molar-refractivity contribution in [3.05, 3.63) is 29.6 Å². The zero-order valence-corrected chi connectivity index (χ0v) is 9.22. The molecule has 1 amide bonds. The highest BCUT2D eigenvalue weighted by Crippen LogP contribution is 2.30. The molecule has 1 saturated carbocycles. The lowest BCUT2D eigenvalue weighted by Gasteiger charge is -2.36. The molecule has 1 aliphatic rings. The van der Waals surface area contributed by atoms with Gasteiger partial charge in [-0.25, -0.2) is 4.39 Å². The van der Waals surface area contributed by atoms with Gasteiger partial charge in [0.15, 0.2) is 0 Å². The van der Waals surface area contributed by atoms with Crippen molar-refractivity contribution in [1.29, 1.82) is 0 Å². The van der Waals surface area contributed by atoms with Gasteiger partial charge in [0.05, 0.1) is 5.54 Å². The minimum Gasteiger partial charge on any atom is -0.324 e. The minimum atomic E-state index is -0.721. The molecule has 1 aromatic rings. The zero-order valence-electron chi connectivity index (χ0n) is 9.22. The quantitative estimate of drug-likeness (QED) is 0.803. The average molecular weight is 222 g/mol. The van der Waals surface area contributed by atoms with Gasteiger partial charge in [0.25, 0.3) is 0 Å². The van der Waals surface area contributed by atoms with E-state index in [1.807, 2.05) is 0 Å². The summed E-state index contributed by atoms with van der Waals surface area (Å²) in [5.41, 5.74) is 6.50. The summed E-state index contributed by atoms with van der Waals surface area (Å²) in [4.78, 5) is 11.8. The van der Waals surface area contributed by atoms with Crippen LogP contribution in [0.25, 0.3) is 0 Å². The maximum Gasteiger partial charge on any atom is 0.244 e. The third-order valence-corrected chi connectivity index (χ3v) is 3.13. The molecule has 0 aliphatic heterocycles. The number of carbonyl (C=O) groups excluding carboxylic acids is 1. The van der Waals surface area contributed by atoms with E-state index in [4.69, 9.17) is 5.73 Å². The molecule has 0 radical (unpaired) electrons. The van der Waals surface area contributed by atoms with Crippen LogP contribution in [-0.2, 0) is 4.79 Å². The van der Waals surface area contributed by atoms with Crippen molar-refractivity contribution in [3.8, 4) is 0 Å². The maximum atomic E-state index is 12.9. The van der Waals surface area contributed by atoms with Gasteiger partial charge in [0.2, 0.25) is 5.91 Å². The Bertz CT molecular complexity index is 427. The monoisotopic (exact) mass is 222 g/mol. The molecule has 0 spiro atoms. The molecular formula is C12H15FN2O. The molecule has 4 heteroatoms. The lowest BCUT2D eigenvalue weighted by molar-refractivity contribution is -0.123. The number of carbonyl (C=O) groups is 1. The number of hydrogen-bond donors (Lipinski definition) is 2. The minimum absolute atomic E-state index is 0.173. The Labute approximate surface area is 93.8 Å². The molecule has 3 N–H and O–H groups in total. The molecule has 0 bridgehead atoms. The number of hydrogen-bond acceptors (Lipinski definition) is 2. The van der Waals surface area contributed by atoms with Crippen LogP contribution in [0.2, 0.25) is 0 Å². The van der Waals surface area contributed by atoms with E-state index in [0.717, 1.165) is 19.3 Å². The van der Waals surface area contributed by atoms with Crippen LogP contribution in [0, 0.1) is 12.7 Å². The third kappa shape index (κ3) is 1.93. The van der Waals surface area contributed by atoms with Gasteiger partial charge in [-0.3, -0.25) is 4.79 Å². The van der Waals surface area contributed by atoms with E-state index in [0.29, 0.717) is 11.3 Å². The summed E-state index contributed by atoms with van der Waals surface area (Å²) in [5.74, 6) is -0.477. The van der Waals surface area contributed by atoms with Gasteiger partial charge in [-0.05, 0) is 49.9 Å². The van der Waals surface area contributed by atoms with E-state index < -0.39 is 5.54 Å². The van der Waals surface area contributed by atoms with Crippen LogP contribution in [-0.4, -0.2) is 11.4 Å². The van der Waals surface area contributed by atoms with Crippen molar-refractivity contribution in [2.75, 3.05) is 5.32 Å². The molecule has 86 valence electrons. The first kappa shape index (κ1) is 11.1. The molecule has 1 fully saturated rings. The van der Waals surface area contributed by atoms with Crippen molar-refractivity contribution in [2.45, 2.75) is 31.7 Å². The lowest BCUT2D eigenvalue weighted by Crippen LogP contribution is -2.56. The number of nitrogens with one attached hydrogen (secondary N) is 1. The number of nitrogens with two attached hydrogens (primary N) is 1. The van der Waals surface area contributed by atoms with E-state index in [-0.39, 0.29) is 11.7 Å². The van der Waals surface area contributed by atoms with Crippen LogP contribution < -0.4 is 11.1 Å². The topological polar surface area (TPSA) is 55.1 Å². The number of anilines is 1. The maximum absolute atomic E-state index is 12.9. The van der Waals surface area contributed by atoms with Crippen molar-refractivity contribution in [3.63, 3.8) is 0 Å². The van der Waals surface area contributed by atoms with Crippen molar-refractivity contribution in [2.24, 2.45) is 5.73 Å². The highest BCUT2D eigenvalue weighted by Gasteiger charge is 2.40. The summed E-state index contributed by atoms with van der Waals surface area (Å²) in [6, 6.07) is 4.27. The zero-order chi connectivity index (χ0) is 11.8. The molecule has 3 nitrogen and oxygen atoms in total. The normalized spacial score (nSPS) is 17.7. The second-order valence-electron chi connectivity index (χ2n) is 4.42. The van der Waals surface area contributed by atoms with Gasteiger partial charge < -0.3 is 11.1 Å². The lowest BCUT2D eigenvalue weighted by atomic mass is 9.77. The van der Waals surface area contributed by atoms with E-state index in [2.05, 4.69) is 5.32 Å². The van der Waals surface area contributed by atoms with Crippen LogP contribution >= 0.6 is 0 Å². The summed E-state index contributed by atoms with van der Waals surface area (Å²) in [5, 5.41) is 2.75. The highest BCUT2D eigenvalue weighted by atomic mass is 19.1. The van der Waals surface area contributed by atoms with Crippen LogP contribution in [0.4, 0.5) is 10.1 Å². The van der Waals surface area contributed by atoms with Gasteiger partial charge in [-0.15, -0.1) is 0 Å². The van der Waals surface area contributed by atoms with Gasteiger partial charge >= 0.3 is 0 Å². The summed E-state index contributed by atoms with van der Waals surface area (Å²) >= 11 is 0. The van der Waals surface area contributed by atoms with Gasteiger partial charge in [0, 0.05) is 5.69 Å². The van der Waals surface area contributed by atoms with Crippen molar-refractivity contribution < 1.29 is 9.18 Å². The predicted octanol–water partition coefficient (Wildman–Crippen LogP) is 1.95. The Morgan fingerprint density at radius 1 is 1.50 bits per heavy atom. The number of amides is 1. The van der Waals surface area contributed by atoms with E-state index in [1.54, 1.807) is 13.0 Å². The smallest absolute Gasteiger partial charge is 0.244 e. The number of halogens is 1. The number of benzene rings is 1. The van der Waals surface area contributed by atoms with Crippen LogP contribution in [0.5, 0.6) is 0 Å². The summed E-state index contributed by atoms with van der Waals surface area (Å²) in [7, 11) is 0. The fourth-order valence-corrected chi connectivity index (χ4v) is 1.80. The van der Waals surface area contributed by atoms with E-state index in [9.17, 15) is 9.18 Å². The van der Waals surface area contributed by atoms with E-state index >= 15 is 0 Å². The largest absolute Gasteiger partial charge is 0.324 e. The summed E-state index contributed by atoms with van der Waals surface area (Å²) in [6.07, 6.45) is 2.43. The molecule has 2 rings (SSSR count). The fourth-order valence-electron chi connectivity index (χ4n) is 1.80. The molecule has 0 unspecified atom stereocenters. The van der Waals surface area contributed by atoms with Gasteiger partial charge in [0.1, 0.15) is 5.82 Å². The number of rotatable bonds is 2. The molecule has 1 aliphatic carbocycles. The second-order valence-corrected chi connectivity index (χ2v) is 4.42. The van der Waals surface area contributed by atoms with Gasteiger partial charge in [-0.2, -0.15) is 0 Å². The Balaban J connectivity index is 2.12. The van der Waals surface area contributed by atoms with E-state index in [1.165, 1.54) is 12.1 Å². The molecule has 0 heterocycles. The van der Waals surface area contributed by atoms with Crippen LogP contribution in [0.15, 0.2) is 18.2 Å². The first-order valence-corrected chi connectivity index (χ1v) is 5.38. The molecule has 1 aromatic carbocycles. The summed E-state index contributed by atoms with van der Waals surface area (Å²) in [6.45, 7) is 1.75. The Morgan fingerprint density at radius 3 is 2.69 bits per heavy atom. The standard InChI is InChI=1S/C12H15FN2O/c1-8-7-9(13)3-4-10(8)15-11(16)12(14)5-2-6-12/h3-4,7H,2,5-6,14H2,1H3,(H,15,16). The van der Waals surface area contributed by atoms with Crippen molar-refractivity contribution >= 4 is 11.6 Å². The predicted molar refractivity (Wildman–Crippen MR) is 60.5 cm³/mol. The number of aryl methyl sites for hydroxylation is 1. The van der Waals surface area contributed by atoms with Crippen LogP contribution in [0.1, 0.15) is 24.8 Å². The van der Waals surface area contributed by atoms with Crippen molar-refractivity contribution in [1.82, 2.24) is 0 Å². The molecule has 16 heavy (non-hydrogen) atoms. The second kappa shape index (κ2) is 3.87. The molecule has 0 atom stereocenters. The Morgan fingerprint density at radius 2 is 2.19 bits per heavy atom. The molecule has 0 saturated heterocycles. The Kier molecular flexibility index (Phi) is 2.68. The molecule has 0 aromatic heterocycles. The fraction of sp³-hybridized carbons (Fsp3) is 0.417. The van der Waals surface area contributed by atoms with Crippen LogP contribution in [0.3, 0.4) is 0 Å². The summed E-state index contributed by atoms with van der Waals surface area (Å²) < 4.78 is 12.9. The SMILES string of the molecule is Cc1cc(F)ccc1NC(=O)C1(N)CCC1. The highest BCUT2D eigenvalue weighted by molar-refractivity contribution is 5.99. The Hall–Kier alpha value is -1.42. The average Bonchev–Trinajstić information content (AvgIpc) is 2.18. The first-order chi connectivity index (χ1) is 7.51.